The molecule has 0 aliphatic rings. The fourth-order valence-corrected chi connectivity index (χ4v) is 2.59. The second-order valence-electron chi connectivity index (χ2n) is 8.08. The molecule has 0 fully saturated rings. The fraction of sp³-hybridized carbons (Fsp3) is 0.409. The van der Waals surface area contributed by atoms with Gasteiger partial charge in [0.25, 0.3) is 0 Å². The Morgan fingerprint density at radius 1 is 1.00 bits per heavy atom. The molecule has 0 radical (unpaired) electrons. The third-order valence-corrected chi connectivity index (χ3v) is 3.83. The first kappa shape index (κ1) is 20.8. The minimum Gasteiger partial charge on any atom is -0.489 e. The summed E-state index contributed by atoms with van der Waals surface area (Å²) >= 11 is 0. The van der Waals surface area contributed by atoms with Crippen LogP contribution in [-0.2, 0) is 11.3 Å². The largest absolute Gasteiger partial charge is 0.489 e. The molecule has 2 aromatic carbocycles. The third kappa shape index (κ3) is 6.94. The summed E-state index contributed by atoms with van der Waals surface area (Å²) in [6.45, 7) is 9.16. The molecule has 0 aliphatic carbocycles. The highest BCUT2D eigenvalue weighted by atomic mass is 16.6. The number of aliphatic hydroxyl groups is 1. The zero-order valence-electron chi connectivity index (χ0n) is 16.7. The van der Waals surface area contributed by atoms with Gasteiger partial charge in [0.2, 0.25) is 0 Å². The second kappa shape index (κ2) is 8.44. The Morgan fingerprint density at radius 3 is 2.11 bits per heavy atom. The lowest BCUT2D eigenvalue weighted by Crippen LogP contribution is -2.44. The van der Waals surface area contributed by atoms with E-state index in [0.717, 1.165) is 16.9 Å². The lowest BCUT2D eigenvalue weighted by atomic mass is 9.92. The first-order chi connectivity index (χ1) is 12.5. The number of amides is 1. The standard InChI is InChI=1S/C22H29NO4/c1-21(2,3)27-20(24)23-19(22(4,5)25)17-11-13-18(14-12-17)26-15-16-9-7-6-8-10-16/h6-14,19,25H,15H2,1-5H3,(H,23,24)/t19-/m1/s1. The Morgan fingerprint density at radius 2 is 1.59 bits per heavy atom. The van der Waals surface area contributed by atoms with E-state index in [2.05, 4.69) is 5.32 Å². The number of rotatable bonds is 6. The van der Waals surface area contributed by atoms with Crippen LogP contribution in [-0.4, -0.2) is 22.4 Å². The molecule has 2 N–H and O–H groups in total. The zero-order chi connectivity index (χ0) is 20.1. The summed E-state index contributed by atoms with van der Waals surface area (Å²) in [6.07, 6.45) is -0.570. The van der Waals surface area contributed by atoms with Gasteiger partial charge in [-0.3, -0.25) is 0 Å². The maximum atomic E-state index is 12.1. The average molecular weight is 371 g/mol. The molecule has 0 unspecified atom stereocenters. The van der Waals surface area contributed by atoms with Gasteiger partial charge in [-0.05, 0) is 57.9 Å². The van der Waals surface area contributed by atoms with E-state index in [4.69, 9.17) is 9.47 Å². The van der Waals surface area contributed by atoms with Crippen LogP contribution in [0, 0.1) is 0 Å². The SMILES string of the molecule is CC(C)(C)OC(=O)N[C@H](c1ccc(OCc2ccccc2)cc1)C(C)(C)O. The molecule has 0 saturated carbocycles. The van der Waals surface area contributed by atoms with E-state index < -0.39 is 23.3 Å². The van der Waals surface area contributed by atoms with Crippen LogP contribution in [0.25, 0.3) is 0 Å². The van der Waals surface area contributed by atoms with Gasteiger partial charge in [0.15, 0.2) is 0 Å². The number of hydrogen-bond acceptors (Lipinski definition) is 4. The monoisotopic (exact) mass is 371 g/mol. The van der Waals surface area contributed by atoms with Crippen LogP contribution in [0.4, 0.5) is 4.79 Å². The molecule has 0 spiro atoms. The number of carbonyl (C=O) groups is 1. The number of ether oxygens (including phenoxy) is 2. The maximum Gasteiger partial charge on any atom is 0.408 e. The third-order valence-electron chi connectivity index (χ3n) is 3.83. The number of benzene rings is 2. The lowest BCUT2D eigenvalue weighted by molar-refractivity contribution is 0.0163. The van der Waals surface area contributed by atoms with Gasteiger partial charge in [-0.1, -0.05) is 42.5 Å². The Labute approximate surface area is 161 Å². The van der Waals surface area contributed by atoms with Crippen molar-refractivity contribution in [2.75, 3.05) is 0 Å². The Balaban J connectivity index is 2.06. The molecule has 1 atom stereocenters. The van der Waals surface area contributed by atoms with Crippen LogP contribution in [0.15, 0.2) is 54.6 Å². The van der Waals surface area contributed by atoms with Gasteiger partial charge >= 0.3 is 6.09 Å². The molecule has 0 heterocycles. The average Bonchev–Trinajstić information content (AvgIpc) is 2.57. The minimum absolute atomic E-state index is 0.477. The van der Waals surface area contributed by atoms with Crippen molar-refractivity contribution in [2.45, 2.75) is 58.5 Å². The molecule has 27 heavy (non-hydrogen) atoms. The molecule has 0 bridgehead atoms. The summed E-state index contributed by atoms with van der Waals surface area (Å²) in [4.78, 5) is 12.1. The van der Waals surface area contributed by atoms with E-state index in [-0.39, 0.29) is 0 Å². The smallest absolute Gasteiger partial charge is 0.408 e. The Bertz CT molecular complexity index is 728. The first-order valence-corrected chi connectivity index (χ1v) is 9.03. The number of carbonyl (C=O) groups excluding carboxylic acids is 1. The van der Waals surface area contributed by atoms with Crippen molar-refractivity contribution in [2.24, 2.45) is 0 Å². The molecule has 5 heteroatoms. The zero-order valence-corrected chi connectivity index (χ0v) is 16.7. The second-order valence-corrected chi connectivity index (χ2v) is 8.08. The molecule has 5 nitrogen and oxygen atoms in total. The van der Waals surface area contributed by atoms with Gasteiger partial charge in [0.05, 0.1) is 11.6 Å². The summed E-state index contributed by atoms with van der Waals surface area (Å²) in [5.74, 6) is 0.717. The van der Waals surface area contributed by atoms with Crippen LogP contribution >= 0.6 is 0 Å². The molecule has 2 rings (SSSR count). The first-order valence-electron chi connectivity index (χ1n) is 9.03. The molecule has 1 amide bonds. The van der Waals surface area contributed by atoms with Crippen molar-refractivity contribution < 1.29 is 19.4 Å². The summed E-state index contributed by atoms with van der Waals surface area (Å²) in [7, 11) is 0. The van der Waals surface area contributed by atoms with Gasteiger partial charge in [-0.2, -0.15) is 0 Å². The maximum absolute atomic E-state index is 12.1. The molecule has 0 aromatic heterocycles. The summed E-state index contributed by atoms with van der Waals surface area (Å²) in [6, 6.07) is 16.6. The van der Waals surface area contributed by atoms with E-state index in [1.807, 2.05) is 54.6 Å². The van der Waals surface area contributed by atoms with Gasteiger partial charge in [0, 0.05) is 0 Å². The highest BCUT2D eigenvalue weighted by Gasteiger charge is 2.31. The van der Waals surface area contributed by atoms with Crippen LogP contribution in [0.5, 0.6) is 5.75 Å². The normalized spacial score (nSPS) is 13.0. The molecular formula is C22H29NO4. The molecular weight excluding hydrogens is 342 g/mol. The van der Waals surface area contributed by atoms with Crippen molar-refractivity contribution in [3.8, 4) is 5.75 Å². The quantitative estimate of drug-likeness (QED) is 0.778. The van der Waals surface area contributed by atoms with Gasteiger partial charge in [0.1, 0.15) is 18.0 Å². The van der Waals surface area contributed by atoms with Gasteiger partial charge in [-0.15, -0.1) is 0 Å². The Kier molecular flexibility index (Phi) is 6.50. The summed E-state index contributed by atoms with van der Waals surface area (Å²) < 4.78 is 11.1. The number of alkyl carbamates (subject to hydrolysis) is 1. The number of hydrogen-bond donors (Lipinski definition) is 2. The van der Waals surface area contributed by atoms with Crippen LogP contribution in [0.2, 0.25) is 0 Å². The highest BCUT2D eigenvalue weighted by Crippen LogP contribution is 2.28. The topological polar surface area (TPSA) is 67.8 Å². The van der Waals surface area contributed by atoms with Crippen molar-refractivity contribution >= 4 is 6.09 Å². The molecule has 2 aromatic rings. The predicted molar refractivity (Wildman–Crippen MR) is 106 cm³/mol. The Hall–Kier alpha value is -2.53. The minimum atomic E-state index is -1.16. The number of nitrogens with one attached hydrogen (secondary N) is 1. The predicted octanol–water partition coefficient (Wildman–Crippen LogP) is 4.60. The molecule has 0 aliphatic heterocycles. The van der Waals surface area contributed by atoms with E-state index in [1.165, 1.54) is 0 Å². The summed E-state index contributed by atoms with van der Waals surface area (Å²) in [5.41, 5.74) is 0.0788. The van der Waals surface area contributed by atoms with E-state index >= 15 is 0 Å². The van der Waals surface area contributed by atoms with Crippen molar-refractivity contribution in [3.05, 3.63) is 65.7 Å². The van der Waals surface area contributed by atoms with Crippen LogP contribution in [0.3, 0.4) is 0 Å². The van der Waals surface area contributed by atoms with Crippen molar-refractivity contribution in [3.63, 3.8) is 0 Å². The highest BCUT2D eigenvalue weighted by molar-refractivity contribution is 5.68. The van der Waals surface area contributed by atoms with E-state index in [1.54, 1.807) is 34.6 Å². The van der Waals surface area contributed by atoms with Gasteiger partial charge < -0.3 is 19.9 Å². The lowest BCUT2D eigenvalue weighted by Gasteiger charge is -2.31. The van der Waals surface area contributed by atoms with Crippen LogP contribution in [0.1, 0.15) is 51.8 Å². The molecule has 146 valence electrons. The van der Waals surface area contributed by atoms with Crippen LogP contribution < -0.4 is 10.1 Å². The van der Waals surface area contributed by atoms with Crippen molar-refractivity contribution in [1.29, 1.82) is 0 Å². The van der Waals surface area contributed by atoms with E-state index in [9.17, 15) is 9.90 Å². The molecule has 0 saturated heterocycles. The fourth-order valence-electron chi connectivity index (χ4n) is 2.59. The summed E-state index contributed by atoms with van der Waals surface area (Å²) in [5, 5.41) is 13.3. The van der Waals surface area contributed by atoms with Gasteiger partial charge in [-0.25, -0.2) is 4.79 Å². The van der Waals surface area contributed by atoms with E-state index in [0.29, 0.717) is 6.61 Å². The van der Waals surface area contributed by atoms with Crippen molar-refractivity contribution in [1.82, 2.24) is 5.32 Å².